The summed E-state index contributed by atoms with van der Waals surface area (Å²) in [5.41, 5.74) is 9.08. The molecule has 214 valence electrons. The van der Waals surface area contributed by atoms with Gasteiger partial charge >= 0.3 is 0 Å². The molecule has 2 saturated heterocycles. The molecule has 2 atom stereocenters. The van der Waals surface area contributed by atoms with E-state index >= 15 is 0 Å². The Morgan fingerprint density at radius 3 is 1.41 bits per heavy atom. The van der Waals surface area contributed by atoms with Gasteiger partial charge < -0.3 is 0 Å². The summed E-state index contributed by atoms with van der Waals surface area (Å²) >= 11 is 3.23. The maximum absolute atomic E-state index is 11.9. The van der Waals surface area contributed by atoms with Gasteiger partial charge in [0.15, 0.2) is 11.6 Å². The van der Waals surface area contributed by atoms with Crippen LogP contribution in [0.2, 0.25) is 0 Å². The molecule has 2 aliphatic heterocycles. The normalized spacial score (nSPS) is 24.5. The van der Waals surface area contributed by atoms with Crippen LogP contribution in [-0.4, -0.2) is 33.4 Å². The molecule has 2 unspecified atom stereocenters. The van der Waals surface area contributed by atoms with Gasteiger partial charge in [-0.05, 0) is 47.2 Å². The number of nitrogens with one attached hydrogen (secondary N) is 2. The molecule has 0 radical (unpaired) electrons. The second kappa shape index (κ2) is 13.3. The molecule has 8 nitrogen and oxygen atoms in total. The van der Waals surface area contributed by atoms with Gasteiger partial charge in [-0.2, -0.15) is 0 Å². The van der Waals surface area contributed by atoms with Crippen molar-refractivity contribution in [1.82, 2.24) is 20.9 Å². The first-order valence-corrected chi connectivity index (χ1v) is 14.5. The van der Waals surface area contributed by atoms with Crippen LogP contribution in [0.1, 0.15) is 48.5 Å². The smallest absolute Gasteiger partial charge is 0.238 e. The zero-order valence-electron chi connectivity index (χ0n) is 22.3. The van der Waals surface area contributed by atoms with Gasteiger partial charge in [-0.3, -0.25) is 30.0 Å². The summed E-state index contributed by atoms with van der Waals surface area (Å²) in [6.07, 6.45) is 15.1. The van der Waals surface area contributed by atoms with E-state index in [9.17, 15) is 19.2 Å². The van der Waals surface area contributed by atoms with Gasteiger partial charge in [-0.1, -0.05) is 36.4 Å². The maximum Gasteiger partial charge on any atom is 0.238 e. The summed E-state index contributed by atoms with van der Waals surface area (Å²) in [5.74, 6) is -0.153. The molecule has 4 heterocycles. The molecule has 4 aliphatic rings. The molecule has 0 saturated carbocycles. The number of hydrogen-bond donors (Lipinski definition) is 2. The third-order valence-corrected chi connectivity index (χ3v) is 8.72. The monoisotopic (exact) mass is 630 g/mol. The van der Waals surface area contributed by atoms with Crippen molar-refractivity contribution in [1.29, 1.82) is 0 Å². The fourth-order valence-corrected chi connectivity index (χ4v) is 6.53. The van der Waals surface area contributed by atoms with Crippen molar-refractivity contribution in [2.24, 2.45) is 0 Å². The van der Waals surface area contributed by atoms with E-state index in [1.165, 1.54) is 13.8 Å². The molecule has 2 N–H and O–H groups in total. The molecule has 2 aromatic heterocycles. The minimum absolute atomic E-state index is 0. The molecule has 0 aromatic carbocycles. The van der Waals surface area contributed by atoms with E-state index in [0.717, 1.165) is 21.1 Å². The number of carbonyl (C=O) groups is 4. The Labute approximate surface area is 256 Å². The van der Waals surface area contributed by atoms with Crippen LogP contribution >= 0.6 is 22.7 Å². The minimum Gasteiger partial charge on any atom is -0.299 e. The SMILES string of the molecule is CC(=O)N1N/C(=C2/C=CC=CC2=O)CC1c1cccs1.CC(=O)N1N/C(=C2/C=CC=CC2=O)CC1c1cccs1.[Ni]. The van der Waals surface area contributed by atoms with E-state index in [-0.39, 0.29) is 52.0 Å². The van der Waals surface area contributed by atoms with Crippen LogP contribution in [0.4, 0.5) is 0 Å². The average molecular weight is 631 g/mol. The average Bonchev–Trinajstić information content (AvgIpc) is 3.74. The van der Waals surface area contributed by atoms with Gasteiger partial charge in [-0.15, -0.1) is 22.7 Å². The maximum atomic E-state index is 11.9. The van der Waals surface area contributed by atoms with E-state index in [1.807, 2.05) is 47.2 Å². The van der Waals surface area contributed by atoms with Crippen molar-refractivity contribution in [3.05, 3.63) is 116 Å². The Morgan fingerprint density at radius 1 is 0.707 bits per heavy atom. The van der Waals surface area contributed by atoms with Crippen molar-refractivity contribution in [2.45, 2.75) is 38.8 Å². The van der Waals surface area contributed by atoms with Crippen LogP contribution in [0.5, 0.6) is 0 Å². The number of rotatable bonds is 2. The third-order valence-electron chi connectivity index (χ3n) is 6.78. The number of hydrazine groups is 2. The molecule has 2 fully saturated rings. The summed E-state index contributed by atoms with van der Waals surface area (Å²) in [7, 11) is 0. The summed E-state index contributed by atoms with van der Waals surface area (Å²) < 4.78 is 0. The Morgan fingerprint density at radius 2 is 1.10 bits per heavy atom. The number of thiophene rings is 2. The van der Waals surface area contributed by atoms with E-state index in [4.69, 9.17) is 0 Å². The van der Waals surface area contributed by atoms with Crippen LogP contribution in [-0.2, 0) is 35.7 Å². The molecule has 6 rings (SSSR count). The van der Waals surface area contributed by atoms with E-state index < -0.39 is 0 Å². The van der Waals surface area contributed by atoms with Gasteiger partial charge in [0.1, 0.15) is 0 Å². The number of ketones is 2. The van der Waals surface area contributed by atoms with E-state index in [0.29, 0.717) is 24.0 Å². The molecule has 2 aliphatic carbocycles. The van der Waals surface area contributed by atoms with Crippen LogP contribution in [0.3, 0.4) is 0 Å². The Balaban J connectivity index is 0.000000184. The van der Waals surface area contributed by atoms with Crippen LogP contribution in [0.15, 0.2) is 106 Å². The molecule has 2 amide bonds. The van der Waals surface area contributed by atoms with Crippen molar-refractivity contribution in [3.63, 3.8) is 0 Å². The zero-order chi connectivity index (χ0) is 28.2. The van der Waals surface area contributed by atoms with Gasteiger partial charge in [-0.25, -0.2) is 10.0 Å². The Kier molecular flexibility index (Phi) is 9.75. The van der Waals surface area contributed by atoms with Crippen molar-refractivity contribution in [2.75, 3.05) is 0 Å². The van der Waals surface area contributed by atoms with Gasteiger partial charge in [0.25, 0.3) is 0 Å². The van der Waals surface area contributed by atoms with Gasteiger partial charge in [0.05, 0.1) is 12.1 Å². The first kappa shape index (κ1) is 30.2. The fourth-order valence-electron chi connectivity index (χ4n) is 4.89. The van der Waals surface area contributed by atoms with Crippen LogP contribution in [0, 0.1) is 0 Å². The molecule has 2 aromatic rings. The third kappa shape index (κ3) is 6.59. The van der Waals surface area contributed by atoms with Crippen molar-refractivity contribution in [3.8, 4) is 0 Å². The molecule has 0 bridgehead atoms. The number of hydrogen-bond acceptors (Lipinski definition) is 8. The standard InChI is InChI=1S/2C15H14N2O2S.Ni/c2*1-10(18)17-13(15-7-4-8-20-15)9-12(16-17)11-5-2-3-6-14(11)19;/h2*2-8,13,16H,9H2,1H3;/b2*12-11-;. The number of allylic oxidation sites excluding steroid dienone is 10. The summed E-state index contributed by atoms with van der Waals surface area (Å²) in [6.45, 7) is 3.05. The largest absolute Gasteiger partial charge is 0.299 e. The molecular weight excluding hydrogens is 603 g/mol. The summed E-state index contributed by atoms with van der Waals surface area (Å²) in [4.78, 5) is 49.6. The molecule has 41 heavy (non-hydrogen) atoms. The van der Waals surface area contributed by atoms with E-state index in [2.05, 4.69) is 10.9 Å². The van der Waals surface area contributed by atoms with Gasteiger partial charge in [0.2, 0.25) is 11.8 Å². The predicted octanol–water partition coefficient (Wildman–Crippen LogP) is 4.99. The number of carbonyl (C=O) groups excluding carboxylic acids is 4. The quantitative estimate of drug-likeness (QED) is 0.358. The van der Waals surface area contributed by atoms with Crippen LogP contribution < -0.4 is 10.9 Å². The fraction of sp³-hybridized carbons (Fsp3) is 0.200. The second-order valence-electron chi connectivity index (χ2n) is 9.42. The minimum atomic E-state index is -0.0539. The van der Waals surface area contributed by atoms with Gasteiger partial charge in [0, 0.05) is 75.5 Å². The molecule has 0 spiro atoms. The Bertz CT molecular complexity index is 1400. The summed E-state index contributed by atoms with van der Waals surface area (Å²) in [5, 5.41) is 7.20. The topological polar surface area (TPSA) is 98.8 Å². The van der Waals surface area contributed by atoms with E-state index in [1.54, 1.807) is 69.1 Å². The first-order chi connectivity index (χ1) is 19.3. The predicted molar refractivity (Wildman–Crippen MR) is 155 cm³/mol. The molecular formula is C30H28N4NiO4S2. The number of nitrogens with zero attached hydrogens (tertiary/aromatic N) is 2. The van der Waals surface area contributed by atoms with Crippen LogP contribution in [0.25, 0.3) is 0 Å². The zero-order valence-corrected chi connectivity index (χ0v) is 24.9. The molecule has 11 heteroatoms. The summed E-state index contributed by atoms with van der Waals surface area (Å²) in [6, 6.07) is 7.89. The second-order valence-corrected chi connectivity index (χ2v) is 11.4. The van der Waals surface area contributed by atoms with Crippen molar-refractivity contribution < 1.29 is 35.7 Å². The Hall–Kier alpha value is -3.79. The number of amides is 2. The van der Waals surface area contributed by atoms with Crippen molar-refractivity contribution >= 4 is 46.1 Å². The first-order valence-electron chi connectivity index (χ1n) is 12.8.